The van der Waals surface area contributed by atoms with Crippen molar-refractivity contribution >= 4 is 50.6 Å². The number of rotatable bonds is 3. The van der Waals surface area contributed by atoms with E-state index in [2.05, 4.69) is 15.9 Å². The van der Waals surface area contributed by atoms with Crippen LogP contribution in [0.2, 0.25) is 0 Å². The van der Waals surface area contributed by atoms with Gasteiger partial charge >= 0.3 is 0 Å². The Bertz CT molecular complexity index is 785. The number of thiophene rings is 1. The van der Waals surface area contributed by atoms with Gasteiger partial charge in [0.15, 0.2) is 0 Å². The molecule has 1 aliphatic rings. The number of benzene rings is 1. The zero-order valence-corrected chi connectivity index (χ0v) is 13.8. The van der Waals surface area contributed by atoms with E-state index < -0.39 is 4.92 Å². The summed E-state index contributed by atoms with van der Waals surface area (Å²) in [6, 6.07) is 8.51. The summed E-state index contributed by atoms with van der Waals surface area (Å²) in [5, 5.41) is 10.9. The van der Waals surface area contributed by atoms with Crippen LogP contribution in [0.4, 0.5) is 11.4 Å². The van der Waals surface area contributed by atoms with E-state index in [1.807, 2.05) is 12.1 Å². The van der Waals surface area contributed by atoms with Gasteiger partial charge in [-0.1, -0.05) is 6.07 Å². The molecule has 22 heavy (non-hydrogen) atoms. The summed E-state index contributed by atoms with van der Waals surface area (Å²) in [4.78, 5) is 25.3. The van der Waals surface area contributed by atoms with Gasteiger partial charge in [0, 0.05) is 29.6 Å². The second kappa shape index (κ2) is 6.02. The van der Waals surface area contributed by atoms with Crippen molar-refractivity contribution in [2.75, 3.05) is 11.4 Å². The van der Waals surface area contributed by atoms with Gasteiger partial charge in [0.25, 0.3) is 11.6 Å². The molecule has 1 amide bonds. The zero-order valence-electron chi connectivity index (χ0n) is 11.4. The molecule has 112 valence electrons. The molecular formula is C15H11BrN2O3S. The van der Waals surface area contributed by atoms with E-state index in [9.17, 15) is 14.9 Å². The van der Waals surface area contributed by atoms with Crippen molar-refractivity contribution in [1.29, 1.82) is 0 Å². The number of amides is 1. The first-order valence-corrected chi connectivity index (χ1v) is 8.18. The molecule has 0 radical (unpaired) electrons. The zero-order chi connectivity index (χ0) is 15.7. The SMILES string of the molecule is O=C(/C=C/c1ccc(Br)s1)N1CCc2ccc([N+](=O)[O-])cc21. The number of anilines is 1. The van der Waals surface area contributed by atoms with Crippen LogP contribution in [0, 0.1) is 10.1 Å². The second-order valence-corrected chi connectivity index (χ2v) is 7.28. The maximum atomic E-state index is 12.3. The Kier molecular flexibility index (Phi) is 4.08. The third kappa shape index (κ3) is 2.95. The van der Waals surface area contributed by atoms with Crippen molar-refractivity contribution in [3.8, 4) is 0 Å². The Morgan fingerprint density at radius 3 is 2.86 bits per heavy atom. The van der Waals surface area contributed by atoms with Gasteiger partial charge in [-0.25, -0.2) is 0 Å². The molecule has 0 N–H and O–H groups in total. The third-order valence-electron chi connectivity index (χ3n) is 3.43. The minimum atomic E-state index is -0.444. The van der Waals surface area contributed by atoms with E-state index in [4.69, 9.17) is 0 Å². The van der Waals surface area contributed by atoms with Crippen LogP contribution in [0.1, 0.15) is 10.4 Å². The highest BCUT2D eigenvalue weighted by Gasteiger charge is 2.25. The lowest BCUT2D eigenvalue weighted by atomic mass is 10.1. The van der Waals surface area contributed by atoms with E-state index in [1.54, 1.807) is 17.0 Å². The molecule has 0 aliphatic carbocycles. The molecule has 1 aromatic heterocycles. The molecule has 0 fully saturated rings. The molecular weight excluding hydrogens is 368 g/mol. The molecule has 1 aliphatic heterocycles. The van der Waals surface area contributed by atoms with Gasteiger partial charge in [-0.05, 0) is 46.1 Å². The fraction of sp³-hybridized carbons (Fsp3) is 0.133. The van der Waals surface area contributed by atoms with Crippen LogP contribution < -0.4 is 4.90 Å². The molecule has 0 saturated heterocycles. The van der Waals surface area contributed by atoms with E-state index in [1.165, 1.54) is 29.5 Å². The number of nitro groups is 1. The molecule has 3 rings (SSSR count). The van der Waals surface area contributed by atoms with Crippen molar-refractivity contribution in [1.82, 2.24) is 0 Å². The highest BCUT2D eigenvalue weighted by molar-refractivity contribution is 9.11. The van der Waals surface area contributed by atoms with Crippen LogP contribution >= 0.6 is 27.3 Å². The van der Waals surface area contributed by atoms with Gasteiger partial charge in [0.1, 0.15) is 0 Å². The van der Waals surface area contributed by atoms with Crippen molar-refractivity contribution in [2.24, 2.45) is 0 Å². The summed E-state index contributed by atoms with van der Waals surface area (Å²) < 4.78 is 1.00. The number of carbonyl (C=O) groups is 1. The molecule has 1 aromatic carbocycles. The average Bonchev–Trinajstić information content (AvgIpc) is 3.10. The lowest BCUT2D eigenvalue weighted by Gasteiger charge is -2.14. The van der Waals surface area contributed by atoms with E-state index in [-0.39, 0.29) is 11.6 Å². The van der Waals surface area contributed by atoms with Gasteiger partial charge in [-0.2, -0.15) is 0 Å². The Balaban J connectivity index is 1.82. The molecule has 2 heterocycles. The van der Waals surface area contributed by atoms with Gasteiger partial charge < -0.3 is 4.90 Å². The summed E-state index contributed by atoms with van der Waals surface area (Å²) in [6.45, 7) is 0.549. The molecule has 0 saturated carbocycles. The van der Waals surface area contributed by atoms with Crippen LogP contribution in [-0.4, -0.2) is 17.4 Å². The molecule has 0 unspecified atom stereocenters. The maximum Gasteiger partial charge on any atom is 0.271 e. The van der Waals surface area contributed by atoms with Gasteiger partial charge in [-0.3, -0.25) is 14.9 Å². The summed E-state index contributed by atoms with van der Waals surface area (Å²) in [6.07, 6.45) is 3.98. The molecule has 0 bridgehead atoms. The number of carbonyl (C=O) groups excluding carboxylic acids is 1. The van der Waals surface area contributed by atoms with Crippen molar-refractivity contribution in [2.45, 2.75) is 6.42 Å². The number of fused-ring (bicyclic) bond motifs is 1. The minimum Gasteiger partial charge on any atom is -0.308 e. The van der Waals surface area contributed by atoms with Crippen molar-refractivity contribution < 1.29 is 9.72 Å². The van der Waals surface area contributed by atoms with Gasteiger partial charge in [0.05, 0.1) is 14.4 Å². The molecule has 0 atom stereocenters. The van der Waals surface area contributed by atoms with Crippen LogP contribution in [-0.2, 0) is 11.2 Å². The minimum absolute atomic E-state index is 0.00427. The fourth-order valence-corrected chi connectivity index (χ4v) is 3.70. The third-order valence-corrected chi connectivity index (χ3v) is 5.01. The van der Waals surface area contributed by atoms with Crippen LogP contribution in [0.3, 0.4) is 0 Å². The molecule has 2 aromatic rings. The van der Waals surface area contributed by atoms with Crippen LogP contribution in [0.15, 0.2) is 40.2 Å². The lowest BCUT2D eigenvalue weighted by Crippen LogP contribution is -2.26. The first-order valence-electron chi connectivity index (χ1n) is 6.57. The van der Waals surface area contributed by atoms with Crippen molar-refractivity contribution in [3.05, 3.63) is 60.7 Å². The summed E-state index contributed by atoms with van der Waals surface area (Å²) in [5.41, 5.74) is 1.60. The fourth-order valence-electron chi connectivity index (χ4n) is 2.37. The topological polar surface area (TPSA) is 63.5 Å². The quantitative estimate of drug-likeness (QED) is 0.460. The average molecular weight is 379 g/mol. The Morgan fingerprint density at radius 2 is 2.18 bits per heavy atom. The maximum absolute atomic E-state index is 12.3. The second-order valence-electron chi connectivity index (χ2n) is 4.79. The highest BCUT2D eigenvalue weighted by atomic mass is 79.9. The molecule has 5 nitrogen and oxygen atoms in total. The van der Waals surface area contributed by atoms with Crippen molar-refractivity contribution in [3.63, 3.8) is 0 Å². The van der Waals surface area contributed by atoms with E-state index in [0.29, 0.717) is 12.2 Å². The Morgan fingerprint density at radius 1 is 1.36 bits per heavy atom. The first-order chi connectivity index (χ1) is 10.5. The smallest absolute Gasteiger partial charge is 0.271 e. The number of non-ortho nitro benzene ring substituents is 1. The normalized spacial score (nSPS) is 13.6. The molecule has 0 spiro atoms. The number of hydrogen-bond acceptors (Lipinski definition) is 4. The predicted octanol–water partition coefficient (Wildman–Crippen LogP) is 4.02. The first kappa shape index (κ1) is 14.9. The monoisotopic (exact) mass is 378 g/mol. The van der Waals surface area contributed by atoms with E-state index >= 15 is 0 Å². The summed E-state index contributed by atoms with van der Waals surface area (Å²) in [5.74, 6) is -0.163. The number of nitro benzene ring substituents is 1. The highest BCUT2D eigenvalue weighted by Crippen LogP contribution is 2.32. The van der Waals surface area contributed by atoms with Gasteiger partial charge in [0.2, 0.25) is 0 Å². The Labute approximate surface area is 139 Å². The predicted molar refractivity (Wildman–Crippen MR) is 90.2 cm³/mol. The van der Waals surface area contributed by atoms with Crippen LogP contribution in [0.5, 0.6) is 0 Å². The lowest BCUT2D eigenvalue weighted by molar-refractivity contribution is -0.384. The van der Waals surface area contributed by atoms with E-state index in [0.717, 1.165) is 20.6 Å². The van der Waals surface area contributed by atoms with Gasteiger partial charge in [-0.15, -0.1) is 11.3 Å². The standard InChI is InChI=1S/C15H11BrN2O3S/c16-14-5-3-12(22-14)4-6-15(19)17-8-7-10-1-2-11(18(20)21)9-13(10)17/h1-6,9H,7-8H2/b6-4+. The summed E-state index contributed by atoms with van der Waals surface area (Å²) >= 11 is 4.91. The van der Waals surface area contributed by atoms with Crippen LogP contribution in [0.25, 0.3) is 6.08 Å². The number of halogens is 1. The molecule has 7 heteroatoms. The number of nitrogens with zero attached hydrogens (tertiary/aromatic N) is 2. The number of hydrogen-bond donors (Lipinski definition) is 0. The Hall–Kier alpha value is -1.99. The summed E-state index contributed by atoms with van der Waals surface area (Å²) in [7, 11) is 0. The largest absolute Gasteiger partial charge is 0.308 e.